The zero-order chi connectivity index (χ0) is 27.4. The van der Waals surface area contributed by atoms with E-state index in [1.54, 1.807) is 37.4 Å². The third-order valence-electron chi connectivity index (χ3n) is 7.21. The van der Waals surface area contributed by atoms with Gasteiger partial charge in [0.1, 0.15) is 5.54 Å². The number of aryl methyl sites for hydroxylation is 1. The summed E-state index contributed by atoms with van der Waals surface area (Å²) in [5, 5.41) is 19.5. The molecular formula is C27H22Cl2N4O4S. The highest BCUT2D eigenvalue weighted by Crippen LogP contribution is 2.47. The molecule has 2 aliphatic heterocycles. The number of nitriles is 1. The number of thiophene rings is 1. The number of halogens is 2. The van der Waals surface area contributed by atoms with E-state index < -0.39 is 29.4 Å². The number of carboxylic acids is 1. The van der Waals surface area contributed by atoms with Crippen molar-refractivity contribution in [2.45, 2.75) is 24.9 Å². The Morgan fingerprint density at radius 1 is 1.16 bits per heavy atom. The van der Waals surface area contributed by atoms with Crippen LogP contribution < -0.4 is 4.90 Å². The highest BCUT2D eigenvalue weighted by atomic mass is 35.5. The lowest BCUT2D eigenvalue weighted by atomic mass is 9.80. The van der Waals surface area contributed by atoms with Crippen molar-refractivity contribution < 1.29 is 19.5 Å². The predicted octanol–water partition coefficient (Wildman–Crippen LogP) is 5.37. The highest BCUT2D eigenvalue weighted by molar-refractivity contribution is 7.12. The molecule has 3 aromatic rings. The van der Waals surface area contributed by atoms with Crippen LogP contribution in [0.5, 0.6) is 0 Å². The number of anilines is 1. The summed E-state index contributed by atoms with van der Waals surface area (Å²) in [6.45, 7) is 2.76. The number of likely N-dealkylation sites (tertiary alicyclic amines) is 1. The molecule has 1 spiro atoms. The molecule has 5 rings (SSSR count). The van der Waals surface area contributed by atoms with Crippen molar-refractivity contribution in [1.82, 2.24) is 9.80 Å². The van der Waals surface area contributed by atoms with E-state index in [0.29, 0.717) is 33.6 Å². The van der Waals surface area contributed by atoms with Crippen LogP contribution in [0.15, 0.2) is 48.5 Å². The van der Waals surface area contributed by atoms with Gasteiger partial charge in [-0.1, -0.05) is 35.3 Å². The minimum atomic E-state index is -1.27. The van der Waals surface area contributed by atoms with Crippen molar-refractivity contribution in [2.75, 3.05) is 25.0 Å². The quantitative estimate of drug-likeness (QED) is 0.415. The lowest BCUT2D eigenvalue weighted by molar-refractivity contribution is -0.124. The fourth-order valence-electron chi connectivity index (χ4n) is 5.48. The average molecular weight is 569 g/mol. The maximum Gasteiger partial charge on any atom is 0.336 e. The second-order valence-electron chi connectivity index (χ2n) is 9.49. The second kappa shape index (κ2) is 9.71. The van der Waals surface area contributed by atoms with Gasteiger partial charge in [0.25, 0.3) is 5.91 Å². The van der Waals surface area contributed by atoms with Gasteiger partial charge in [-0.2, -0.15) is 5.26 Å². The SMILES string of the molecule is Cc1cc(C(=O)O)c(CN2C[C@H](c3ccc(C#N)cc3)[C@]3(C2)C(=O)N(c2cc(Cl)cc(Cl)c2)C(=O)N3C)s1. The van der Waals surface area contributed by atoms with E-state index in [9.17, 15) is 24.8 Å². The Labute approximate surface area is 233 Å². The van der Waals surface area contributed by atoms with E-state index >= 15 is 0 Å². The van der Waals surface area contributed by atoms with Gasteiger partial charge < -0.3 is 10.0 Å². The van der Waals surface area contributed by atoms with Crippen LogP contribution in [0.25, 0.3) is 0 Å². The Morgan fingerprint density at radius 3 is 2.42 bits per heavy atom. The van der Waals surface area contributed by atoms with Gasteiger partial charge in [0.15, 0.2) is 0 Å². The van der Waals surface area contributed by atoms with Crippen molar-refractivity contribution in [2.24, 2.45) is 0 Å². The van der Waals surface area contributed by atoms with Crippen molar-refractivity contribution in [3.63, 3.8) is 0 Å². The lowest BCUT2D eigenvalue weighted by Crippen LogP contribution is -2.53. The Kier molecular flexibility index (Phi) is 6.70. The summed E-state index contributed by atoms with van der Waals surface area (Å²) in [7, 11) is 1.60. The number of amides is 3. The summed E-state index contributed by atoms with van der Waals surface area (Å²) < 4.78 is 0. The normalized spacial score (nSPS) is 21.5. The van der Waals surface area contributed by atoms with Crippen molar-refractivity contribution in [3.8, 4) is 6.07 Å². The smallest absolute Gasteiger partial charge is 0.336 e. The zero-order valence-corrected chi connectivity index (χ0v) is 22.8. The van der Waals surface area contributed by atoms with Gasteiger partial charge in [-0.05, 0) is 48.9 Å². The molecule has 2 saturated heterocycles. The van der Waals surface area contributed by atoms with Crippen molar-refractivity contribution >= 4 is 58.1 Å². The summed E-state index contributed by atoms with van der Waals surface area (Å²) in [6.07, 6.45) is 0. The highest BCUT2D eigenvalue weighted by Gasteiger charge is 2.64. The Balaban J connectivity index is 1.59. The van der Waals surface area contributed by atoms with Gasteiger partial charge >= 0.3 is 12.0 Å². The third-order valence-corrected chi connectivity index (χ3v) is 8.68. The van der Waals surface area contributed by atoms with Gasteiger partial charge in [-0.15, -0.1) is 11.3 Å². The number of rotatable bonds is 5. The molecule has 3 amide bonds. The van der Waals surface area contributed by atoms with Crippen molar-refractivity contribution in [1.29, 1.82) is 5.26 Å². The topological polar surface area (TPSA) is 105 Å². The molecule has 2 fully saturated rings. The van der Waals surface area contributed by atoms with Gasteiger partial charge in [0.05, 0.1) is 22.9 Å². The maximum atomic E-state index is 14.3. The summed E-state index contributed by atoms with van der Waals surface area (Å²) in [5.41, 5.74) is 0.526. The van der Waals surface area contributed by atoms with E-state index in [1.165, 1.54) is 34.4 Å². The molecular weight excluding hydrogens is 547 g/mol. The van der Waals surface area contributed by atoms with Crippen molar-refractivity contribution in [3.05, 3.63) is 85.0 Å². The number of likely N-dealkylation sites (N-methyl/N-ethyl adjacent to an activating group) is 1. The minimum Gasteiger partial charge on any atom is -0.478 e. The van der Waals surface area contributed by atoms with Crippen LogP contribution in [0.4, 0.5) is 10.5 Å². The third kappa shape index (κ3) is 4.24. The number of imide groups is 1. The largest absolute Gasteiger partial charge is 0.478 e. The number of carboxylic acid groups (broad SMARTS) is 1. The monoisotopic (exact) mass is 568 g/mol. The molecule has 1 aromatic heterocycles. The number of urea groups is 1. The molecule has 2 aliphatic rings. The summed E-state index contributed by atoms with van der Waals surface area (Å²) >= 11 is 13.8. The fraction of sp³-hybridized carbons (Fsp3) is 0.259. The van der Waals surface area contributed by atoms with Crippen LogP contribution in [-0.2, 0) is 11.3 Å². The average Bonchev–Trinajstić information content (AvgIpc) is 3.49. The molecule has 1 N–H and O–H groups in total. The molecule has 38 heavy (non-hydrogen) atoms. The van der Waals surface area contributed by atoms with E-state index in [2.05, 4.69) is 6.07 Å². The van der Waals surface area contributed by atoms with Crippen LogP contribution in [0.1, 0.15) is 37.2 Å². The number of carbonyl (C=O) groups excluding carboxylic acids is 2. The number of carbonyl (C=O) groups is 3. The minimum absolute atomic E-state index is 0.194. The second-order valence-corrected chi connectivity index (χ2v) is 11.7. The molecule has 0 aliphatic carbocycles. The van der Waals surface area contributed by atoms with Crippen LogP contribution >= 0.6 is 34.5 Å². The van der Waals surface area contributed by atoms with E-state index in [4.69, 9.17) is 23.2 Å². The molecule has 0 radical (unpaired) electrons. The summed E-state index contributed by atoms with van der Waals surface area (Å²) in [6, 6.07) is 14.8. The van der Waals surface area contributed by atoms with Gasteiger partial charge in [0, 0.05) is 52.4 Å². The fourth-order valence-corrected chi connectivity index (χ4v) is 7.06. The molecule has 8 nitrogen and oxygen atoms in total. The predicted molar refractivity (Wildman–Crippen MR) is 145 cm³/mol. The zero-order valence-electron chi connectivity index (χ0n) is 20.4. The first-order valence-corrected chi connectivity index (χ1v) is 13.3. The molecule has 194 valence electrons. The number of hydrogen-bond donors (Lipinski definition) is 1. The standard InChI is InChI=1S/C27H22Cl2N4O4S/c1-15-7-21(24(34)35)23(38-15)13-32-12-22(17-5-3-16(11-30)4-6-17)27(14-32)25(36)33(26(37)31(27)2)20-9-18(28)8-19(29)10-20/h3-10,22H,12-14H2,1-2H3,(H,34,35)/t22-,27-/m1/s1. The van der Waals surface area contributed by atoms with E-state index in [-0.39, 0.29) is 17.8 Å². The van der Waals surface area contributed by atoms with Crippen LogP contribution in [-0.4, -0.2) is 58.5 Å². The Hall–Kier alpha value is -3.42. The first-order chi connectivity index (χ1) is 18.0. The van der Waals surface area contributed by atoms with Gasteiger partial charge in [-0.3, -0.25) is 9.69 Å². The lowest BCUT2D eigenvalue weighted by Gasteiger charge is -2.34. The maximum absolute atomic E-state index is 14.3. The van der Waals surface area contributed by atoms with E-state index in [0.717, 1.165) is 15.3 Å². The summed E-state index contributed by atoms with van der Waals surface area (Å²) in [5.74, 6) is -1.86. The van der Waals surface area contributed by atoms with Crippen LogP contribution in [0, 0.1) is 18.3 Å². The first-order valence-electron chi connectivity index (χ1n) is 11.7. The molecule has 3 heterocycles. The van der Waals surface area contributed by atoms with Gasteiger partial charge in [0.2, 0.25) is 0 Å². The number of aromatic carboxylic acids is 1. The molecule has 0 bridgehead atoms. The molecule has 2 atom stereocenters. The van der Waals surface area contributed by atoms with Crippen LogP contribution in [0.3, 0.4) is 0 Å². The molecule has 11 heteroatoms. The first kappa shape index (κ1) is 26.2. The summed E-state index contributed by atoms with van der Waals surface area (Å²) in [4.78, 5) is 45.8. The Morgan fingerprint density at radius 2 is 1.82 bits per heavy atom. The number of hydrogen-bond acceptors (Lipinski definition) is 6. The molecule has 0 saturated carbocycles. The molecule has 2 aromatic carbocycles. The van der Waals surface area contributed by atoms with E-state index in [1.807, 2.05) is 11.8 Å². The Bertz CT molecular complexity index is 1500. The number of nitrogens with zero attached hydrogens (tertiary/aromatic N) is 4. The number of benzene rings is 2. The molecule has 0 unspecified atom stereocenters. The van der Waals surface area contributed by atoms with Gasteiger partial charge in [-0.25, -0.2) is 14.5 Å². The van der Waals surface area contributed by atoms with Crippen LogP contribution in [0.2, 0.25) is 10.0 Å².